The van der Waals surface area contributed by atoms with E-state index in [9.17, 15) is 14.4 Å². The lowest BCUT2D eigenvalue weighted by Gasteiger charge is -2.23. The first-order chi connectivity index (χ1) is 17.2. The Hall–Kier alpha value is -4.59. The summed E-state index contributed by atoms with van der Waals surface area (Å²) in [4.78, 5) is 38.3. The second kappa shape index (κ2) is 10.4. The van der Waals surface area contributed by atoms with Gasteiger partial charge < -0.3 is 23.9 Å². The molecule has 1 N–H and O–H groups in total. The van der Waals surface area contributed by atoms with Crippen molar-refractivity contribution in [2.24, 2.45) is 0 Å². The largest absolute Gasteiger partial charge is 0.460 e. The molecule has 1 aromatic heterocycles. The van der Waals surface area contributed by atoms with E-state index in [1.165, 1.54) is 24.5 Å². The van der Waals surface area contributed by atoms with Crippen LogP contribution in [0.5, 0.6) is 17.2 Å². The molecule has 0 aliphatic carbocycles. The number of esters is 1. The molecule has 1 atom stereocenters. The van der Waals surface area contributed by atoms with Gasteiger partial charge in [-0.15, -0.1) is 0 Å². The molecule has 0 radical (unpaired) electrons. The van der Waals surface area contributed by atoms with E-state index in [1.54, 1.807) is 75.4 Å². The highest BCUT2D eigenvalue weighted by atomic mass is 16.6. The van der Waals surface area contributed by atoms with Crippen molar-refractivity contribution in [3.8, 4) is 17.2 Å². The Bertz CT molecular complexity index is 1420. The predicted octanol–water partition coefficient (Wildman–Crippen LogP) is 5.76. The standard InChI is InChI=1S/C28H25NO7/c1-28(2,3)36-27(32)29-24(18-10-6-4-7-11-18)26(31)35-20-14-15-21-22(16-20)33-17-23(25(21)30)34-19-12-8-5-9-13-19/h4-17,24H,1-3H3,(H,29,32)/t24-/m0/s1. The first kappa shape index (κ1) is 24.5. The molecule has 8 nitrogen and oxygen atoms in total. The summed E-state index contributed by atoms with van der Waals surface area (Å²) >= 11 is 0. The quantitative estimate of drug-likeness (QED) is 0.272. The Morgan fingerprint density at radius 2 is 1.56 bits per heavy atom. The molecule has 0 saturated heterocycles. The lowest BCUT2D eigenvalue weighted by atomic mass is 10.1. The number of alkyl carbamates (subject to hydrolysis) is 1. The number of carbonyl (C=O) groups is 2. The minimum atomic E-state index is -1.12. The van der Waals surface area contributed by atoms with Crippen molar-refractivity contribution in [3.63, 3.8) is 0 Å². The maximum absolute atomic E-state index is 13.1. The minimum absolute atomic E-state index is 0.0316. The molecular formula is C28H25NO7. The molecule has 36 heavy (non-hydrogen) atoms. The number of hydrogen-bond donors (Lipinski definition) is 1. The molecule has 1 heterocycles. The molecule has 3 aromatic carbocycles. The normalized spacial score (nSPS) is 12.0. The van der Waals surface area contributed by atoms with Crippen LogP contribution in [0.4, 0.5) is 4.79 Å². The Kier molecular flexibility index (Phi) is 7.05. The molecule has 0 unspecified atom stereocenters. The number of carbonyl (C=O) groups excluding carboxylic acids is 2. The second-order valence-electron chi connectivity index (χ2n) is 8.91. The average Bonchev–Trinajstić information content (AvgIpc) is 2.84. The van der Waals surface area contributed by atoms with Gasteiger partial charge in [0.15, 0.2) is 6.04 Å². The second-order valence-corrected chi connectivity index (χ2v) is 8.91. The molecule has 0 aliphatic heterocycles. The molecule has 4 rings (SSSR count). The minimum Gasteiger partial charge on any atom is -0.460 e. The van der Waals surface area contributed by atoms with Crippen LogP contribution in [-0.4, -0.2) is 17.7 Å². The van der Waals surface area contributed by atoms with Gasteiger partial charge >= 0.3 is 12.1 Å². The van der Waals surface area contributed by atoms with Crippen LogP contribution in [0.15, 0.2) is 94.3 Å². The zero-order valence-electron chi connectivity index (χ0n) is 20.0. The average molecular weight is 488 g/mol. The summed E-state index contributed by atoms with van der Waals surface area (Å²) in [5, 5.41) is 2.82. The zero-order chi connectivity index (χ0) is 25.7. The first-order valence-electron chi connectivity index (χ1n) is 11.2. The van der Waals surface area contributed by atoms with Gasteiger partial charge in [0.05, 0.1) is 5.39 Å². The number of benzene rings is 3. The third-order valence-corrected chi connectivity index (χ3v) is 4.93. The van der Waals surface area contributed by atoms with Crippen LogP contribution >= 0.6 is 0 Å². The Morgan fingerprint density at radius 3 is 2.22 bits per heavy atom. The summed E-state index contributed by atoms with van der Waals surface area (Å²) < 4.78 is 22.0. The topological polar surface area (TPSA) is 104 Å². The first-order valence-corrected chi connectivity index (χ1v) is 11.2. The van der Waals surface area contributed by atoms with Crippen molar-refractivity contribution in [2.45, 2.75) is 32.4 Å². The summed E-state index contributed by atoms with van der Waals surface area (Å²) in [5.41, 5.74) is -0.383. The maximum atomic E-state index is 13.1. The van der Waals surface area contributed by atoms with Crippen molar-refractivity contribution in [1.82, 2.24) is 5.32 Å². The molecule has 0 aliphatic rings. The molecule has 8 heteroatoms. The molecule has 0 spiro atoms. The van der Waals surface area contributed by atoms with Crippen LogP contribution < -0.4 is 20.2 Å². The lowest BCUT2D eigenvalue weighted by Crippen LogP contribution is -2.39. The highest BCUT2D eigenvalue weighted by molar-refractivity contribution is 5.86. The molecule has 0 saturated carbocycles. The summed E-state index contributed by atoms with van der Waals surface area (Å²) in [6.07, 6.45) is 0.448. The van der Waals surface area contributed by atoms with Crippen LogP contribution in [0.1, 0.15) is 32.4 Å². The van der Waals surface area contributed by atoms with Crippen LogP contribution in [-0.2, 0) is 9.53 Å². The number of fused-ring (bicyclic) bond motifs is 1. The molecular weight excluding hydrogens is 462 g/mol. The van der Waals surface area contributed by atoms with Gasteiger partial charge in [0.2, 0.25) is 11.2 Å². The molecule has 0 fully saturated rings. The van der Waals surface area contributed by atoms with E-state index in [1.807, 2.05) is 6.07 Å². The smallest absolute Gasteiger partial charge is 0.408 e. The summed E-state index contributed by atoms with van der Waals surface area (Å²) in [6.45, 7) is 5.17. The summed E-state index contributed by atoms with van der Waals surface area (Å²) in [5.74, 6) is -0.0691. The van der Waals surface area contributed by atoms with Crippen molar-refractivity contribution in [2.75, 3.05) is 0 Å². The van der Waals surface area contributed by atoms with Crippen molar-refractivity contribution < 1.29 is 28.2 Å². The highest BCUT2D eigenvalue weighted by Crippen LogP contribution is 2.25. The number of rotatable bonds is 6. The number of ether oxygens (including phenoxy) is 3. The van der Waals surface area contributed by atoms with Crippen LogP contribution in [0, 0.1) is 0 Å². The molecule has 4 aromatic rings. The summed E-state index contributed by atoms with van der Waals surface area (Å²) in [7, 11) is 0. The maximum Gasteiger partial charge on any atom is 0.408 e. The van der Waals surface area contributed by atoms with Crippen LogP contribution in [0.2, 0.25) is 0 Å². The van der Waals surface area contributed by atoms with Gasteiger partial charge in [-0.25, -0.2) is 9.59 Å². The van der Waals surface area contributed by atoms with Gasteiger partial charge in [0.1, 0.15) is 28.9 Å². The van der Waals surface area contributed by atoms with Gasteiger partial charge in [-0.1, -0.05) is 48.5 Å². The van der Waals surface area contributed by atoms with Gasteiger partial charge in [0.25, 0.3) is 0 Å². The number of hydrogen-bond acceptors (Lipinski definition) is 7. The third kappa shape index (κ3) is 6.09. The SMILES string of the molecule is CC(C)(C)OC(=O)N[C@H](C(=O)Oc1ccc2c(=O)c(Oc3ccccc3)coc2c1)c1ccccc1. The fourth-order valence-electron chi connectivity index (χ4n) is 3.36. The van der Waals surface area contributed by atoms with Crippen molar-refractivity contribution in [3.05, 3.63) is 101 Å². The third-order valence-electron chi connectivity index (χ3n) is 4.93. The van der Waals surface area contributed by atoms with Crippen LogP contribution in [0.3, 0.4) is 0 Å². The van der Waals surface area contributed by atoms with E-state index in [0.717, 1.165) is 0 Å². The highest BCUT2D eigenvalue weighted by Gasteiger charge is 2.27. The Labute approximate surface area is 207 Å². The number of nitrogens with one attached hydrogen (secondary N) is 1. The Morgan fingerprint density at radius 1 is 0.889 bits per heavy atom. The van der Waals surface area contributed by atoms with E-state index in [0.29, 0.717) is 11.3 Å². The summed E-state index contributed by atoms with van der Waals surface area (Å²) in [6, 6.07) is 20.8. The molecule has 1 amide bonds. The number of amides is 1. The van der Waals surface area contributed by atoms with Crippen LogP contribution in [0.25, 0.3) is 11.0 Å². The van der Waals surface area contributed by atoms with E-state index >= 15 is 0 Å². The van der Waals surface area contributed by atoms with Gasteiger partial charge in [-0.2, -0.15) is 0 Å². The van der Waals surface area contributed by atoms with E-state index < -0.39 is 23.7 Å². The van der Waals surface area contributed by atoms with Gasteiger partial charge in [-0.3, -0.25) is 4.79 Å². The van der Waals surface area contributed by atoms with E-state index in [4.69, 9.17) is 18.6 Å². The van der Waals surface area contributed by atoms with Crippen molar-refractivity contribution in [1.29, 1.82) is 0 Å². The van der Waals surface area contributed by atoms with Crippen molar-refractivity contribution >= 4 is 23.0 Å². The fourth-order valence-corrected chi connectivity index (χ4v) is 3.36. The predicted molar refractivity (Wildman–Crippen MR) is 133 cm³/mol. The van der Waals surface area contributed by atoms with E-state index in [2.05, 4.69) is 5.32 Å². The lowest BCUT2D eigenvalue weighted by molar-refractivity contribution is -0.137. The monoisotopic (exact) mass is 487 g/mol. The van der Waals surface area contributed by atoms with E-state index in [-0.39, 0.29) is 27.9 Å². The molecule has 0 bridgehead atoms. The van der Waals surface area contributed by atoms with Gasteiger partial charge in [-0.05, 0) is 50.6 Å². The van der Waals surface area contributed by atoms with Gasteiger partial charge in [0, 0.05) is 6.07 Å². The zero-order valence-corrected chi connectivity index (χ0v) is 20.0. The fraction of sp³-hybridized carbons (Fsp3) is 0.179. The molecule has 184 valence electrons. The number of para-hydroxylation sites is 1. The Balaban J connectivity index is 1.56.